The van der Waals surface area contributed by atoms with Gasteiger partial charge in [0, 0.05) is 23.5 Å². The second kappa shape index (κ2) is 6.47. The van der Waals surface area contributed by atoms with Crippen molar-refractivity contribution >= 4 is 11.3 Å². The lowest BCUT2D eigenvalue weighted by molar-refractivity contribution is 0.372. The number of nitrogens with one attached hydrogen (secondary N) is 2. The highest BCUT2D eigenvalue weighted by Crippen LogP contribution is 2.22. The molecule has 1 aromatic rings. The minimum atomic E-state index is 0.544. The largest absolute Gasteiger partial charge is 0.317 e. The van der Waals surface area contributed by atoms with E-state index < -0.39 is 0 Å². The van der Waals surface area contributed by atoms with Crippen molar-refractivity contribution < 1.29 is 0 Å². The molecule has 17 heavy (non-hydrogen) atoms. The summed E-state index contributed by atoms with van der Waals surface area (Å²) in [7, 11) is 2.02. The molecule has 0 aliphatic carbocycles. The molecule has 0 bridgehead atoms. The topological polar surface area (TPSA) is 37.0 Å². The van der Waals surface area contributed by atoms with Gasteiger partial charge in [-0.05, 0) is 52.2 Å². The van der Waals surface area contributed by atoms with E-state index in [0.29, 0.717) is 6.04 Å². The van der Waals surface area contributed by atoms with Gasteiger partial charge < -0.3 is 10.6 Å². The molecule has 0 spiro atoms. The molecular formula is C13H23N3S. The Labute approximate surface area is 108 Å². The molecule has 0 aromatic carbocycles. The Bertz CT molecular complexity index is 331. The molecule has 1 unspecified atom stereocenters. The maximum atomic E-state index is 4.57. The highest BCUT2D eigenvalue weighted by molar-refractivity contribution is 7.11. The number of rotatable bonds is 5. The monoisotopic (exact) mass is 253 g/mol. The fraction of sp³-hybridized carbons (Fsp3) is 0.769. The van der Waals surface area contributed by atoms with Crippen molar-refractivity contribution in [3.05, 3.63) is 16.1 Å². The molecule has 0 amide bonds. The molecule has 1 saturated heterocycles. The number of hydrogen-bond donors (Lipinski definition) is 2. The van der Waals surface area contributed by atoms with Crippen LogP contribution in [0.25, 0.3) is 0 Å². The lowest BCUT2D eigenvalue weighted by Crippen LogP contribution is -2.28. The van der Waals surface area contributed by atoms with Crippen molar-refractivity contribution in [3.8, 4) is 0 Å². The van der Waals surface area contributed by atoms with Gasteiger partial charge >= 0.3 is 0 Å². The third-order valence-corrected chi connectivity index (χ3v) is 4.57. The van der Waals surface area contributed by atoms with Crippen LogP contribution in [0.1, 0.15) is 29.7 Å². The number of thiazole rings is 1. The minimum absolute atomic E-state index is 0.544. The van der Waals surface area contributed by atoms with Crippen LogP contribution in [0.3, 0.4) is 0 Å². The number of aromatic nitrogens is 1. The summed E-state index contributed by atoms with van der Waals surface area (Å²) in [6.45, 7) is 4.57. The zero-order valence-electron chi connectivity index (χ0n) is 10.8. The Morgan fingerprint density at radius 1 is 1.53 bits per heavy atom. The zero-order chi connectivity index (χ0) is 12.1. The van der Waals surface area contributed by atoms with E-state index in [1.54, 1.807) is 0 Å². The SMILES string of the molecule is CNC(C)Cc1cnc(CC2CCNCC2)s1. The molecule has 0 saturated carbocycles. The number of likely N-dealkylation sites (N-methyl/N-ethyl adjacent to an activating group) is 1. The second-order valence-electron chi connectivity index (χ2n) is 5.01. The van der Waals surface area contributed by atoms with Crippen LogP contribution in [0.2, 0.25) is 0 Å². The Hall–Kier alpha value is -0.450. The molecule has 1 atom stereocenters. The van der Waals surface area contributed by atoms with E-state index in [-0.39, 0.29) is 0 Å². The van der Waals surface area contributed by atoms with Crippen molar-refractivity contribution in [1.29, 1.82) is 0 Å². The van der Waals surface area contributed by atoms with Crippen LogP contribution in [0, 0.1) is 5.92 Å². The first kappa shape index (κ1) is 13.0. The van der Waals surface area contributed by atoms with Crippen molar-refractivity contribution in [2.75, 3.05) is 20.1 Å². The quantitative estimate of drug-likeness (QED) is 0.841. The van der Waals surface area contributed by atoms with E-state index in [1.807, 2.05) is 18.4 Å². The minimum Gasteiger partial charge on any atom is -0.317 e. The van der Waals surface area contributed by atoms with Crippen LogP contribution < -0.4 is 10.6 Å². The van der Waals surface area contributed by atoms with E-state index in [1.165, 1.54) is 42.2 Å². The van der Waals surface area contributed by atoms with E-state index in [0.717, 1.165) is 12.3 Å². The molecule has 2 N–H and O–H groups in total. The summed E-state index contributed by atoms with van der Waals surface area (Å²) in [4.78, 5) is 5.98. The van der Waals surface area contributed by atoms with Gasteiger partial charge in [0.25, 0.3) is 0 Å². The van der Waals surface area contributed by atoms with E-state index in [4.69, 9.17) is 0 Å². The maximum Gasteiger partial charge on any atom is 0.0930 e. The average molecular weight is 253 g/mol. The molecule has 4 heteroatoms. The summed E-state index contributed by atoms with van der Waals surface area (Å²) in [6.07, 6.45) is 6.96. The normalized spacial score (nSPS) is 19.4. The van der Waals surface area contributed by atoms with Crippen LogP contribution in [0.4, 0.5) is 0 Å². The Morgan fingerprint density at radius 3 is 3.00 bits per heavy atom. The summed E-state index contributed by atoms with van der Waals surface area (Å²) >= 11 is 1.90. The Kier molecular flexibility index (Phi) is 4.95. The molecule has 1 aliphatic rings. The van der Waals surface area contributed by atoms with Gasteiger partial charge in [0.2, 0.25) is 0 Å². The zero-order valence-corrected chi connectivity index (χ0v) is 11.6. The first-order valence-corrected chi connectivity index (χ1v) is 7.41. The van der Waals surface area contributed by atoms with Gasteiger partial charge in [0.1, 0.15) is 0 Å². The molecule has 2 rings (SSSR count). The predicted octanol–water partition coefficient (Wildman–Crippen LogP) is 1.84. The van der Waals surface area contributed by atoms with Crippen LogP contribution >= 0.6 is 11.3 Å². The first-order valence-electron chi connectivity index (χ1n) is 6.59. The lowest BCUT2D eigenvalue weighted by Gasteiger charge is -2.21. The van der Waals surface area contributed by atoms with Crippen LogP contribution in [-0.2, 0) is 12.8 Å². The van der Waals surface area contributed by atoms with Gasteiger partial charge in [-0.2, -0.15) is 0 Å². The summed E-state index contributed by atoms with van der Waals surface area (Å²) in [5.74, 6) is 0.844. The average Bonchev–Trinajstić information content (AvgIpc) is 2.77. The van der Waals surface area contributed by atoms with Crippen molar-refractivity contribution in [3.63, 3.8) is 0 Å². The predicted molar refractivity (Wildman–Crippen MR) is 73.6 cm³/mol. The molecule has 96 valence electrons. The number of nitrogens with zero attached hydrogens (tertiary/aromatic N) is 1. The van der Waals surface area contributed by atoms with Crippen LogP contribution in [-0.4, -0.2) is 31.2 Å². The highest BCUT2D eigenvalue weighted by atomic mass is 32.1. The summed E-state index contributed by atoms with van der Waals surface area (Å²) in [5.41, 5.74) is 0. The molecule has 0 radical (unpaired) electrons. The van der Waals surface area contributed by atoms with Crippen LogP contribution in [0.15, 0.2) is 6.20 Å². The summed E-state index contributed by atoms with van der Waals surface area (Å²) < 4.78 is 0. The van der Waals surface area contributed by atoms with Gasteiger partial charge in [0.05, 0.1) is 5.01 Å². The van der Waals surface area contributed by atoms with Gasteiger partial charge in [0.15, 0.2) is 0 Å². The van der Waals surface area contributed by atoms with Crippen molar-refractivity contribution in [2.45, 2.75) is 38.6 Å². The molecule has 2 heterocycles. The fourth-order valence-corrected chi connectivity index (χ4v) is 3.44. The molecule has 1 fully saturated rings. The van der Waals surface area contributed by atoms with E-state index >= 15 is 0 Å². The van der Waals surface area contributed by atoms with Crippen molar-refractivity contribution in [1.82, 2.24) is 15.6 Å². The van der Waals surface area contributed by atoms with Gasteiger partial charge in [-0.1, -0.05) is 0 Å². The lowest BCUT2D eigenvalue weighted by atomic mass is 9.95. The van der Waals surface area contributed by atoms with Gasteiger partial charge in [-0.15, -0.1) is 11.3 Å². The first-order chi connectivity index (χ1) is 8.28. The van der Waals surface area contributed by atoms with Gasteiger partial charge in [-0.25, -0.2) is 4.98 Å². The molecule has 3 nitrogen and oxygen atoms in total. The smallest absolute Gasteiger partial charge is 0.0930 e. The highest BCUT2D eigenvalue weighted by Gasteiger charge is 2.15. The third-order valence-electron chi connectivity index (χ3n) is 3.52. The molecule has 1 aliphatic heterocycles. The number of hydrogen-bond acceptors (Lipinski definition) is 4. The fourth-order valence-electron chi connectivity index (χ4n) is 2.27. The van der Waals surface area contributed by atoms with Gasteiger partial charge in [-0.3, -0.25) is 0 Å². The van der Waals surface area contributed by atoms with Crippen LogP contribution in [0.5, 0.6) is 0 Å². The maximum absolute atomic E-state index is 4.57. The van der Waals surface area contributed by atoms with E-state index in [9.17, 15) is 0 Å². The summed E-state index contributed by atoms with van der Waals surface area (Å²) in [5, 5.41) is 8.02. The number of piperidine rings is 1. The summed E-state index contributed by atoms with van der Waals surface area (Å²) in [6, 6.07) is 0.544. The Morgan fingerprint density at radius 2 is 2.29 bits per heavy atom. The molecule has 1 aromatic heterocycles. The second-order valence-corrected chi connectivity index (χ2v) is 6.21. The van der Waals surface area contributed by atoms with E-state index in [2.05, 4.69) is 28.7 Å². The van der Waals surface area contributed by atoms with Crippen molar-refractivity contribution in [2.24, 2.45) is 5.92 Å². The third kappa shape index (κ3) is 4.05. The molecular weight excluding hydrogens is 230 g/mol. The Balaban J connectivity index is 1.84. The standard InChI is InChI=1S/C13H23N3S/c1-10(14-2)7-12-9-16-13(17-12)8-11-3-5-15-6-4-11/h9-11,14-15H,3-8H2,1-2H3.